The highest BCUT2D eigenvalue weighted by atomic mass is 127. The lowest BCUT2D eigenvalue weighted by Crippen LogP contribution is -2.36. The fourth-order valence-electron chi connectivity index (χ4n) is 3.80. The molecule has 6 heteroatoms. The Kier molecular flexibility index (Phi) is 9.91. The smallest absolute Gasteiger partial charge is 0.191 e. The third-order valence-corrected chi connectivity index (χ3v) is 5.40. The standard InChI is InChI=1S/C24H34N4O.HI/c1-4-25-24(27-16-22-13-18(2)23(29)19(3)14-22)26-15-20-7-9-21(10-8-20)17-28-11-5-6-12-28;/h7-10,13-14,29H,4-6,11-12,15-17H2,1-3H3,(H2,25,26,27);1H. The number of aryl methyl sites for hydroxylation is 2. The van der Waals surface area contributed by atoms with E-state index in [0.717, 1.165) is 42.3 Å². The topological polar surface area (TPSA) is 59.9 Å². The fraction of sp³-hybridized carbons (Fsp3) is 0.458. The minimum absolute atomic E-state index is 0. The lowest BCUT2D eigenvalue weighted by Gasteiger charge is -2.15. The molecule has 3 N–H and O–H groups in total. The predicted molar refractivity (Wildman–Crippen MR) is 136 cm³/mol. The molecule has 0 aromatic heterocycles. The number of likely N-dealkylation sites (tertiary alicyclic amines) is 1. The summed E-state index contributed by atoms with van der Waals surface area (Å²) in [6.45, 7) is 11.6. The summed E-state index contributed by atoms with van der Waals surface area (Å²) in [5.74, 6) is 1.17. The second-order valence-electron chi connectivity index (χ2n) is 7.93. The molecular weight excluding hydrogens is 487 g/mol. The zero-order chi connectivity index (χ0) is 20.6. The average molecular weight is 522 g/mol. The van der Waals surface area contributed by atoms with Gasteiger partial charge in [-0.25, -0.2) is 4.99 Å². The van der Waals surface area contributed by atoms with Crippen molar-refractivity contribution in [1.29, 1.82) is 0 Å². The van der Waals surface area contributed by atoms with Gasteiger partial charge in [-0.3, -0.25) is 4.90 Å². The van der Waals surface area contributed by atoms with E-state index in [4.69, 9.17) is 4.99 Å². The molecule has 0 unspecified atom stereocenters. The number of phenolic OH excluding ortho intramolecular Hbond substituents is 1. The lowest BCUT2D eigenvalue weighted by atomic mass is 10.1. The summed E-state index contributed by atoms with van der Waals surface area (Å²) in [5.41, 5.74) is 5.51. The van der Waals surface area contributed by atoms with Crippen molar-refractivity contribution < 1.29 is 5.11 Å². The van der Waals surface area contributed by atoms with Gasteiger partial charge in [0.1, 0.15) is 5.75 Å². The first-order valence-corrected chi connectivity index (χ1v) is 10.7. The van der Waals surface area contributed by atoms with Crippen LogP contribution in [0.2, 0.25) is 0 Å². The van der Waals surface area contributed by atoms with Crippen molar-refractivity contribution in [1.82, 2.24) is 15.5 Å². The van der Waals surface area contributed by atoms with Gasteiger partial charge in [0, 0.05) is 19.6 Å². The average Bonchev–Trinajstić information content (AvgIpc) is 3.22. The molecule has 0 amide bonds. The van der Waals surface area contributed by atoms with Crippen molar-refractivity contribution in [3.05, 3.63) is 64.2 Å². The number of rotatable bonds is 7. The van der Waals surface area contributed by atoms with Gasteiger partial charge in [0.2, 0.25) is 0 Å². The molecule has 2 aromatic carbocycles. The van der Waals surface area contributed by atoms with E-state index < -0.39 is 0 Å². The number of halogens is 1. The van der Waals surface area contributed by atoms with Gasteiger partial charge in [0.05, 0.1) is 6.54 Å². The summed E-state index contributed by atoms with van der Waals surface area (Å²) < 4.78 is 0. The first-order valence-electron chi connectivity index (χ1n) is 10.7. The van der Waals surface area contributed by atoms with Crippen LogP contribution in [0.4, 0.5) is 0 Å². The van der Waals surface area contributed by atoms with Crippen LogP contribution in [0.5, 0.6) is 5.75 Å². The number of benzene rings is 2. The Morgan fingerprint density at radius 1 is 0.967 bits per heavy atom. The molecule has 1 fully saturated rings. The predicted octanol–water partition coefficient (Wildman–Crippen LogP) is 4.48. The van der Waals surface area contributed by atoms with Crippen molar-refractivity contribution in [3.63, 3.8) is 0 Å². The third-order valence-electron chi connectivity index (χ3n) is 5.40. The molecule has 0 radical (unpaired) electrons. The molecule has 30 heavy (non-hydrogen) atoms. The lowest BCUT2D eigenvalue weighted by molar-refractivity contribution is 0.331. The highest BCUT2D eigenvalue weighted by Crippen LogP contribution is 2.23. The van der Waals surface area contributed by atoms with E-state index in [1.807, 2.05) is 26.0 Å². The minimum atomic E-state index is 0. The van der Waals surface area contributed by atoms with Crippen LogP contribution in [0.25, 0.3) is 0 Å². The van der Waals surface area contributed by atoms with Gasteiger partial charge in [-0.05, 0) is 74.5 Å². The Morgan fingerprint density at radius 3 is 2.17 bits per heavy atom. The Hall–Kier alpha value is -1.80. The number of guanidine groups is 1. The Balaban J connectivity index is 0.00000320. The quantitative estimate of drug-likeness (QED) is 0.285. The summed E-state index contributed by atoms with van der Waals surface area (Å²) in [6, 6.07) is 12.9. The van der Waals surface area contributed by atoms with Crippen molar-refractivity contribution >= 4 is 29.9 Å². The SMILES string of the molecule is CCNC(=NCc1cc(C)c(O)c(C)c1)NCc1ccc(CN2CCCC2)cc1.I. The maximum atomic E-state index is 9.94. The normalized spacial score (nSPS) is 14.4. The zero-order valence-electron chi connectivity index (χ0n) is 18.4. The van der Waals surface area contributed by atoms with Crippen LogP contribution in [-0.2, 0) is 19.6 Å². The summed E-state index contributed by atoms with van der Waals surface area (Å²) in [5, 5.41) is 16.7. The molecule has 1 heterocycles. The number of phenols is 1. The molecule has 3 rings (SSSR count). The summed E-state index contributed by atoms with van der Waals surface area (Å²) in [7, 11) is 0. The first kappa shape index (κ1) is 24.5. The number of aromatic hydroxyl groups is 1. The number of aliphatic imine (C=N–C) groups is 1. The van der Waals surface area contributed by atoms with Gasteiger partial charge in [0.25, 0.3) is 0 Å². The van der Waals surface area contributed by atoms with Crippen LogP contribution in [-0.4, -0.2) is 35.6 Å². The maximum Gasteiger partial charge on any atom is 0.191 e. The summed E-state index contributed by atoms with van der Waals surface area (Å²) in [6.07, 6.45) is 2.66. The third kappa shape index (κ3) is 7.16. The van der Waals surface area contributed by atoms with E-state index in [9.17, 15) is 5.11 Å². The van der Waals surface area contributed by atoms with Gasteiger partial charge in [-0.15, -0.1) is 24.0 Å². The van der Waals surface area contributed by atoms with E-state index in [1.54, 1.807) is 0 Å². The molecule has 0 spiro atoms. The van der Waals surface area contributed by atoms with Crippen LogP contribution in [0.15, 0.2) is 41.4 Å². The highest BCUT2D eigenvalue weighted by Gasteiger charge is 2.11. The van der Waals surface area contributed by atoms with Crippen molar-refractivity contribution in [3.8, 4) is 5.75 Å². The molecule has 1 aliphatic heterocycles. The Labute approximate surface area is 198 Å². The zero-order valence-corrected chi connectivity index (χ0v) is 20.7. The van der Waals surface area contributed by atoms with E-state index in [0.29, 0.717) is 12.3 Å². The number of nitrogens with zero attached hydrogens (tertiary/aromatic N) is 2. The van der Waals surface area contributed by atoms with Crippen molar-refractivity contribution in [2.75, 3.05) is 19.6 Å². The highest BCUT2D eigenvalue weighted by molar-refractivity contribution is 14.0. The van der Waals surface area contributed by atoms with E-state index >= 15 is 0 Å². The number of hydrogen-bond donors (Lipinski definition) is 3. The molecule has 164 valence electrons. The van der Waals surface area contributed by atoms with Crippen LogP contribution < -0.4 is 10.6 Å². The number of hydrogen-bond acceptors (Lipinski definition) is 3. The van der Waals surface area contributed by atoms with Crippen LogP contribution in [0.3, 0.4) is 0 Å². The first-order chi connectivity index (χ1) is 14.0. The minimum Gasteiger partial charge on any atom is -0.507 e. The van der Waals surface area contributed by atoms with Gasteiger partial charge in [-0.2, -0.15) is 0 Å². The summed E-state index contributed by atoms with van der Waals surface area (Å²) >= 11 is 0. The molecule has 0 atom stereocenters. The van der Waals surface area contributed by atoms with Gasteiger partial charge in [-0.1, -0.05) is 36.4 Å². The molecule has 0 aliphatic carbocycles. The molecule has 2 aromatic rings. The van der Waals surface area contributed by atoms with E-state index in [-0.39, 0.29) is 24.0 Å². The Morgan fingerprint density at radius 2 is 1.57 bits per heavy atom. The fourth-order valence-corrected chi connectivity index (χ4v) is 3.80. The molecule has 0 saturated carbocycles. The van der Waals surface area contributed by atoms with Crippen molar-refractivity contribution in [2.45, 2.75) is 53.2 Å². The largest absolute Gasteiger partial charge is 0.507 e. The summed E-state index contributed by atoms with van der Waals surface area (Å²) in [4.78, 5) is 7.23. The second kappa shape index (κ2) is 12.2. The van der Waals surface area contributed by atoms with Crippen LogP contribution >= 0.6 is 24.0 Å². The maximum absolute atomic E-state index is 9.94. The van der Waals surface area contributed by atoms with Gasteiger partial charge < -0.3 is 15.7 Å². The molecule has 0 bridgehead atoms. The monoisotopic (exact) mass is 522 g/mol. The Bertz CT molecular complexity index is 807. The molecule has 1 aliphatic rings. The molecular formula is C24H35IN4O. The van der Waals surface area contributed by atoms with E-state index in [1.165, 1.54) is 37.1 Å². The second-order valence-corrected chi connectivity index (χ2v) is 7.93. The molecule has 1 saturated heterocycles. The van der Waals surface area contributed by atoms with Crippen LogP contribution in [0, 0.1) is 13.8 Å². The van der Waals surface area contributed by atoms with Crippen LogP contribution in [0.1, 0.15) is 47.6 Å². The van der Waals surface area contributed by atoms with Gasteiger partial charge in [0.15, 0.2) is 5.96 Å². The van der Waals surface area contributed by atoms with Crippen molar-refractivity contribution in [2.24, 2.45) is 4.99 Å². The van der Waals surface area contributed by atoms with E-state index in [2.05, 4.69) is 46.7 Å². The molecule has 5 nitrogen and oxygen atoms in total. The van der Waals surface area contributed by atoms with Gasteiger partial charge >= 0.3 is 0 Å². The number of nitrogens with one attached hydrogen (secondary N) is 2.